The van der Waals surface area contributed by atoms with E-state index in [1.165, 1.54) is 19.2 Å². The van der Waals surface area contributed by atoms with Crippen molar-refractivity contribution in [2.75, 3.05) is 7.11 Å². The number of methoxy groups -OCH3 is 1. The van der Waals surface area contributed by atoms with E-state index in [1.807, 2.05) is 0 Å². The molecule has 0 amide bonds. The van der Waals surface area contributed by atoms with Gasteiger partial charge in [0.1, 0.15) is 5.82 Å². The van der Waals surface area contributed by atoms with Crippen LogP contribution in [0.1, 0.15) is 21.5 Å². The van der Waals surface area contributed by atoms with E-state index in [2.05, 4.69) is 16.6 Å². The van der Waals surface area contributed by atoms with Crippen LogP contribution in [0.5, 0.6) is 0 Å². The number of aryl methyl sites for hydroxylation is 1. The van der Waals surface area contributed by atoms with Crippen LogP contribution in [0, 0.1) is 24.6 Å². The summed E-state index contributed by atoms with van der Waals surface area (Å²) in [6.07, 6.45) is 0.379. The molecular weight excluding hydrogens is 211 g/mol. The zero-order valence-electron chi connectivity index (χ0n) is 8.83. The highest BCUT2D eigenvalue weighted by Crippen LogP contribution is 2.15. The molecule has 82 valence electrons. The molecule has 0 aliphatic rings. The first-order valence-corrected chi connectivity index (χ1v) is 4.44. The SMILES string of the molecule is COC(=O)C#Cc1c(C)ccc(F)c1C=O. The van der Waals surface area contributed by atoms with Gasteiger partial charge in [0.05, 0.1) is 12.7 Å². The molecule has 0 atom stereocenters. The number of aldehydes is 1. The van der Waals surface area contributed by atoms with Gasteiger partial charge in [0, 0.05) is 11.5 Å². The van der Waals surface area contributed by atoms with E-state index in [0.29, 0.717) is 11.8 Å². The molecule has 4 heteroatoms. The summed E-state index contributed by atoms with van der Waals surface area (Å²) in [6, 6.07) is 2.67. The highest BCUT2D eigenvalue weighted by Gasteiger charge is 2.08. The van der Waals surface area contributed by atoms with Crippen molar-refractivity contribution in [1.29, 1.82) is 0 Å². The Morgan fingerprint density at radius 2 is 2.19 bits per heavy atom. The summed E-state index contributed by atoms with van der Waals surface area (Å²) in [5.41, 5.74) is 0.691. The number of esters is 1. The zero-order valence-corrected chi connectivity index (χ0v) is 8.83. The van der Waals surface area contributed by atoms with E-state index in [1.54, 1.807) is 6.92 Å². The molecule has 0 heterocycles. The number of hydrogen-bond acceptors (Lipinski definition) is 3. The summed E-state index contributed by atoms with van der Waals surface area (Å²) in [4.78, 5) is 21.5. The first kappa shape index (κ1) is 11.9. The van der Waals surface area contributed by atoms with Gasteiger partial charge >= 0.3 is 5.97 Å². The van der Waals surface area contributed by atoms with Crippen LogP contribution in [0.25, 0.3) is 0 Å². The van der Waals surface area contributed by atoms with E-state index in [9.17, 15) is 14.0 Å². The fourth-order valence-electron chi connectivity index (χ4n) is 1.15. The zero-order chi connectivity index (χ0) is 12.1. The number of ether oxygens (including phenoxy) is 1. The van der Waals surface area contributed by atoms with Crippen LogP contribution < -0.4 is 0 Å². The van der Waals surface area contributed by atoms with Crippen LogP contribution in [-0.2, 0) is 9.53 Å². The highest BCUT2D eigenvalue weighted by molar-refractivity contribution is 5.90. The second kappa shape index (κ2) is 5.08. The van der Waals surface area contributed by atoms with Crippen molar-refractivity contribution in [3.8, 4) is 11.8 Å². The molecule has 0 N–H and O–H groups in total. The third-order valence-corrected chi connectivity index (χ3v) is 1.99. The predicted octanol–water partition coefficient (Wildman–Crippen LogP) is 1.47. The molecule has 0 aromatic heterocycles. The lowest BCUT2D eigenvalue weighted by atomic mass is 10.0. The summed E-state index contributed by atoms with van der Waals surface area (Å²) < 4.78 is 17.5. The monoisotopic (exact) mass is 220 g/mol. The lowest BCUT2D eigenvalue weighted by Gasteiger charge is -2.02. The Labute approximate surface area is 92.2 Å². The summed E-state index contributed by atoms with van der Waals surface area (Å²) >= 11 is 0. The van der Waals surface area contributed by atoms with Crippen molar-refractivity contribution in [2.45, 2.75) is 6.92 Å². The van der Waals surface area contributed by atoms with Gasteiger partial charge in [-0.2, -0.15) is 0 Å². The molecule has 0 unspecified atom stereocenters. The Morgan fingerprint density at radius 3 is 2.75 bits per heavy atom. The fraction of sp³-hybridized carbons (Fsp3) is 0.167. The molecule has 0 spiro atoms. The van der Waals surface area contributed by atoms with Gasteiger partial charge in [0.15, 0.2) is 6.29 Å². The smallest absolute Gasteiger partial charge is 0.384 e. The van der Waals surface area contributed by atoms with Gasteiger partial charge in [-0.15, -0.1) is 0 Å². The maximum Gasteiger partial charge on any atom is 0.384 e. The minimum atomic E-state index is -0.736. The number of rotatable bonds is 1. The van der Waals surface area contributed by atoms with Crippen molar-refractivity contribution in [1.82, 2.24) is 0 Å². The van der Waals surface area contributed by atoms with E-state index in [0.717, 1.165) is 0 Å². The maximum absolute atomic E-state index is 13.2. The van der Waals surface area contributed by atoms with Gasteiger partial charge < -0.3 is 4.74 Å². The molecule has 1 rings (SSSR count). The van der Waals surface area contributed by atoms with Crippen LogP contribution in [0.15, 0.2) is 12.1 Å². The molecule has 0 bridgehead atoms. The molecule has 0 saturated carbocycles. The molecule has 1 aromatic rings. The van der Waals surface area contributed by atoms with Crippen molar-refractivity contribution >= 4 is 12.3 Å². The number of hydrogen-bond donors (Lipinski definition) is 0. The fourth-order valence-corrected chi connectivity index (χ4v) is 1.15. The predicted molar refractivity (Wildman–Crippen MR) is 55.4 cm³/mol. The Hall–Kier alpha value is -2.15. The third kappa shape index (κ3) is 2.45. The average molecular weight is 220 g/mol. The van der Waals surface area contributed by atoms with E-state index >= 15 is 0 Å². The van der Waals surface area contributed by atoms with E-state index in [-0.39, 0.29) is 11.1 Å². The summed E-state index contributed by atoms with van der Waals surface area (Å²) in [6.45, 7) is 1.67. The largest absolute Gasteiger partial charge is 0.459 e. The third-order valence-electron chi connectivity index (χ3n) is 1.99. The Kier molecular flexibility index (Phi) is 3.78. The maximum atomic E-state index is 13.2. The topological polar surface area (TPSA) is 43.4 Å². The highest BCUT2D eigenvalue weighted by atomic mass is 19.1. The number of carbonyl (C=O) groups is 2. The van der Waals surface area contributed by atoms with Gasteiger partial charge in [-0.1, -0.05) is 12.0 Å². The molecule has 16 heavy (non-hydrogen) atoms. The second-order valence-corrected chi connectivity index (χ2v) is 3.01. The molecule has 0 aliphatic heterocycles. The summed E-state index contributed by atoms with van der Waals surface area (Å²) in [5, 5.41) is 0. The number of halogens is 1. The Balaban J connectivity index is 3.30. The Bertz CT molecular complexity index is 495. The summed E-state index contributed by atoms with van der Waals surface area (Å²) in [5.74, 6) is 3.19. The molecular formula is C12H9FO3. The first-order chi connectivity index (χ1) is 7.60. The first-order valence-electron chi connectivity index (χ1n) is 4.44. The standard InChI is InChI=1S/C12H9FO3/c1-8-3-5-11(13)10(7-14)9(8)4-6-12(15)16-2/h3,5,7H,1-2H3. The molecule has 0 saturated heterocycles. The average Bonchev–Trinajstić information content (AvgIpc) is 2.29. The molecule has 3 nitrogen and oxygen atoms in total. The summed E-state index contributed by atoms with van der Waals surface area (Å²) in [7, 11) is 1.19. The van der Waals surface area contributed by atoms with Gasteiger partial charge in [-0.25, -0.2) is 9.18 Å². The second-order valence-electron chi connectivity index (χ2n) is 3.01. The Morgan fingerprint density at radius 1 is 1.50 bits per heavy atom. The number of benzene rings is 1. The normalized spacial score (nSPS) is 8.94. The lowest BCUT2D eigenvalue weighted by molar-refractivity contribution is -0.133. The van der Waals surface area contributed by atoms with Gasteiger partial charge in [0.25, 0.3) is 0 Å². The van der Waals surface area contributed by atoms with E-state index < -0.39 is 11.8 Å². The lowest BCUT2D eigenvalue weighted by Crippen LogP contribution is -1.98. The van der Waals surface area contributed by atoms with Crippen LogP contribution in [0.3, 0.4) is 0 Å². The van der Waals surface area contributed by atoms with Gasteiger partial charge in [0.2, 0.25) is 0 Å². The minimum Gasteiger partial charge on any atom is -0.459 e. The van der Waals surface area contributed by atoms with Crippen LogP contribution >= 0.6 is 0 Å². The molecule has 0 radical (unpaired) electrons. The van der Waals surface area contributed by atoms with Crippen LogP contribution in [-0.4, -0.2) is 19.4 Å². The van der Waals surface area contributed by atoms with Crippen LogP contribution in [0.2, 0.25) is 0 Å². The quantitative estimate of drug-likeness (QED) is 0.409. The molecule has 1 aromatic carbocycles. The number of carbonyl (C=O) groups excluding carboxylic acids is 2. The van der Waals surface area contributed by atoms with Crippen LogP contribution in [0.4, 0.5) is 4.39 Å². The molecule has 0 fully saturated rings. The van der Waals surface area contributed by atoms with Gasteiger partial charge in [-0.05, 0) is 18.6 Å². The van der Waals surface area contributed by atoms with Crippen molar-refractivity contribution in [2.24, 2.45) is 0 Å². The van der Waals surface area contributed by atoms with Crippen molar-refractivity contribution in [3.63, 3.8) is 0 Å². The molecule has 0 aliphatic carbocycles. The van der Waals surface area contributed by atoms with Gasteiger partial charge in [-0.3, -0.25) is 4.79 Å². The van der Waals surface area contributed by atoms with Crippen molar-refractivity contribution in [3.05, 3.63) is 34.6 Å². The van der Waals surface area contributed by atoms with Crippen molar-refractivity contribution < 1.29 is 18.7 Å². The minimum absolute atomic E-state index is 0.142. The van der Waals surface area contributed by atoms with E-state index in [4.69, 9.17) is 0 Å².